The molecule has 0 bridgehead atoms. The van der Waals surface area contributed by atoms with E-state index < -0.39 is 0 Å². The van der Waals surface area contributed by atoms with Gasteiger partial charge >= 0.3 is 0 Å². The van der Waals surface area contributed by atoms with Gasteiger partial charge in [0.25, 0.3) is 0 Å². The van der Waals surface area contributed by atoms with Crippen LogP contribution >= 0.6 is 0 Å². The van der Waals surface area contributed by atoms with E-state index >= 15 is 0 Å². The third-order valence-electron chi connectivity index (χ3n) is 7.31. The third-order valence-corrected chi connectivity index (χ3v) is 7.31. The van der Waals surface area contributed by atoms with Gasteiger partial charge in [-0.1, -0.05) is 148 Å². The SMILES string of the molecule is CC(=O)CCCCCCCCCCCCCCC=CC(N)=O.CCCCCCCCCCCCCCC(C)=O. The maximum Gasteiger partial charge on any atom is 0.241 e. The van der Waals surface area contributed by atoms with Crippen LogP contribution in [0.4, 0.5) is 0 Å². The number of rotatable bonds is 29. The van der Waals surface area contributed by atoms with Crippen molar-refractivity contribution in [1.82, 2.24) is 0 Å². The number of amides is 1. The lowest BCUT2D eigenvalue weighted by Crippen LogP contribution is -2.05. The van der Waals surface area contributed by atoms with Gasteiger partial charge in [0.15, 0.2) is 0 Å². The molecule has 0 aliphatic carbocycles. The molecule has 0 unspecified atom stereocenters. The first-order valence-corrected chi connectivity index (χ1v) is 16.8. The minimum atomic E-state index is -0.348. The highest BCUT2D eigenvalue weighted by Gasteiger charge is 1.97. The summed E-state index contributed by atoms with van der Waals surface area (Å²) in [4.78, 5) is 32.0. The number of hydrogen-bond donors (Lipinski definition) is 1. The predicted octanol–water partition coefficient (Wildman–Crippen LogP) is 10.7. The van der Waals surface area contributed by atoms with Gasteiger partial charge in [-0.15, -0.1) is 0 Å². The van der Waals surface area contributed by atoms with E-state index in [0.717, 1.165) is 38.5 Å². The van der Waals surface area contributed by atoms with Gasteiger partial charge in [-0.05, 0) is 45.6 Å². The molecule has 0 atom stereocenters. The molecule has 0 aliphatic heterocycles. The van der Waals surface area contributed by atoms with Crippen LogP contribution in [0.5, 0.6) is 0 Å². The maximum absolute atomic E-state index is 10.8. The molecule has 0 aromatic carbocycles. The first-order chi connectivity index (χ1) is 18.9. The second-order valence-electron chi connectivity index (χ2n) is 11.6. The summed E-state index contributed by atoms with van der Waals surface area (Å²) >= 11 is 0. The van der Waals surface area contributed by atoms with Gasteiger partial charge < -0.3 is 15.3 Å². The zero-order chi connectivity index (χ0) is 29.2. The molecule has 0 rings (SSSR count). The van der Waals surface area contributed by atoms with E-state index in [2.05, 4.69) is 6.92 Å². The molecular weight excluding hydrogens is 482 g/mol. The van der Waals surface area contributed by atoms with E-state index in [1.165, 1.54) is 141 Å². The minimum absolute atomic E-state index is 0.323. The number of primary amides is 1. The van der Waals surface area contributed by atoms with Crippen molar-refractivity contribution in [2.75, 3.05) is 0 Å². The minimum Gasteiger partial charge on any atom is -0.366 e. The second kappa shape index (κ2) is 34.6. The molecule has 4 heteroatoms. The molecule has 230 valence electrons. The van der Waals surface area contributed by atoms with Crippen LogP contribution in [0.15, 0.2) is 12.2 Å². The van der Waals surface area contributed by atoms with Crippen molar-refractivity contribution in [2.24, 2.45) is 5.73 Å². The zero-order valence-corrected chi connectivity index (χ0v) is 26.5. The quantitative estimate of drug-likeness (QED) is 0.0744. The van der Waals surface area contributed by atoms with Gasteiger partial charge in [-0.3, -0.25) is 4.79 Å². The van der Waals surface area contributed by atoms with Crippen LogP contribution in [-0.2, 0) is 14.4 Å². The Kier molecular flexibility index (Phi) is 35.2. The summed E-state index contributed by atoms with van der Waals surface area (Å²) in [6, 6.07) is 0. The van der Waals surface area contributed by atoms with Crippen molar-refractivity contribution in [2.45, 2.75) is 194 Å². The summed E-state index contributed by atoms with van der Waals surface area (Å²) in [6.07, 6.45) is 37.5. The Morgan fingerprint density at radius 1 is 0.462 bits per heavy atom. The molecule has 0 saturated heterocycles. The summed E-state index contributed by atoms with van der Waals surface area (Å²) in [7, 11) is 0. The van der Waals surface area contributed by atoms with Crippen LogP contribution in [0.25, 0.3) is 0 Å². The Labute approximate surface area is 243 Å². The molecule has 39 heavy (non-hydrogen) atoms. The Morgan fingerprint density at radius 3 is 1.03 bits per heavy atom. The Balaban J connectivity index is 0. The number of allylic oxidation sites excluding steroid dienone is 1. The topological polar surface area (TPSA) is 77.2 Å². The Bertz CT molecular complexity index is 570. The maximum atomic E-state index is 10.8. The van der Waals surface area contributed by atoms with E-state index in [-0.39, 0.29) is 5.91 Å². The van der Waals surface area contributed by atoms with E-state index in [4.69, 9.17) is 5.73 Å². The average Bonchev–Trinajstić information content (AvgIpc) is 2.89. The van der Waals surface area contributed by atoms with Crippen molar-refractivity contribution in [3.05, 3.63) is 12.2 Å². The molecule has 0 aromatic rings. The van der Waals surface area contributed by atoms with Crippen molar-refractivity contribution >= 4 is 17.5 Å². The predicted molar refractivity (Wildman–Crippen MR) is 170 cm³/mol. The molecule has 0 aromatic heterocycles. The smallest absolute Gasteiger partial charge is 0.241 e. The van der Waals surface area contributed by atoms with Crippen molar-refractivity contribution in [3.63, 3.8) is 0 Å². The fourth-order valence-electron chi connectivity index (χ4n) is 4.82. The van der Waals surface area contributed by atoms with Crippen LogP contribution in [0.1, 0.15) is 194 Å². The second-order valence-corrected chi connectivity index (χ2v) is 11.6. The monoisotopic (exact) mass is 550 g/mol. The normalized spacial score (nSPS) is 10.9. The van der Waals surface area contributed by atoms with Gasteiger partial charge in [0.05, 0.1) is 0 Å². The van der Waals surface area contributed by atoms with Crippen LogP contribution < -0.4 is 5.73 Å². The van der Waals surface area contributed by atoms with Gasteiger partial charge in [-0.25, -0.2) is 0 Å². The van der Waals surface area contributed by atoms with Crippen molar-refractivity contribution in [3.8, 4) is 0 Å². The number of Topliss-reactive ketones (excluding diaryl/α,β-unsaturated/α-hetero) is 2. The molecule has 4 nitrogen and oxygen atoms in total. The first-order valence-electron chi connectivity index (χ1n) is 16.8. The molecule has 2 N–H and O–H groups in total. The number of nitrogens with two attached hydrogens (primary N) is 1. The summed E-state index contributed by atoms with van der Waals surface area (Å²) in [5.74, 6) is 0.319. The van der Waals surface area contributed by atoms with Crippen molar-refractivity contribution in [1.29, 1.82) is 0 Å². The molecule has 0 fully saturated rings. The van der Waals surface area contributed by atoms with E-state index in [0.29, 0.717) is 11.6 Å². The lowest BCUT2D eigenvalue weighted by molar-refractivity contribution is -0.117. The molecular formula is C35H67NO3. The highest BCUT2D eigenvalue weighted by Crippen LogP contribution is 2.14. The standard InChI is InChI=1S/C19H35NO2.C16H32O/c1-18(21)16-14-12-10-8-6-4-2-3-5-7-9-11-13-15-17-19(20)22;1-3-4-5-6-7-8-9-10-11-12-13-14-15-16(2)17/h15,17H,2-14,16H2,1H3,(H2,20,22);3-15H2,1-2H3. The summed E-state index contributed by atoms with van der Waals surface area (Å²) in [5.41, 5.74) is 5.02. The number of hydrogen-bond acceptors (Lipinski definition) is 3. The Hall–Kier alpha value is -1.45. The van der Waals surface area contributed by atoms with Gasteiger partial charge in [0, 0.05) is 12.8 Å². The van der Waals surface area contributed by atoms with Crippen LogP contribution in [0.2, 0.25) is 0 Å². The Morgan fingerprint density at radius 2 is 0.744 bits per heavy atom. The molecule has 0 aliphatic rings. The molecule has 0 heterocycles. The number of unbranched alkanes of at least 4 members (excludes halogenated alkanes) is 23. The number of carbonyl (C=O) groups is 3. The largest absolute Gasteiger partial charge is 0.366 e. The summed E-state index contributed by atoms with van der Waals surface area (Å²) in [5, 5.41) is 0. The molecule has 0 spiro atoms. The molecule has 0 radical (unpaired) electrons. The first kappa shape index (κ1) is 39.7. The molecule has 1 amide bonds. The summed E-state index contributed by atoms with van der Waals surface area (Å²) in [6.45, 7) is 5.64. The molecule has 0 saturated carbocycles. The fourth-order valence-corrected chi connectivity index (χ4v) is 4.82. The van der Waals surface area contributed by atoms with Gasteiger partial charge in [-0.2, -0.15) is 0 Å². The van der Waals surface area contributed by atoms with Crippen LogP contribution in [0.3, 0.4) is 0 Å². The summed E-state index contributed by atoms with van der Waals surface area (Å²) < 4.78 is 0. The van der Waals surface area contributed by atoms with Gasteiger partial charge in [0.1, 0.15) is 11.6 Å². The highest BCUT2D eigenvalue weighted by molar-refractivity contribution is 5.85. The lowest BCUT2D eigenvalue weighted by Gasteiger charge is -2.02. The van der Waals surface area contributed by atoms with Crippen LogP contribution in [-0.4, -0.2) is 17.5 Å². The van der Waals surface area contributed by atoms with Crippen molar-refractivity contribution < 1.29 is 14.4 Å². The highest BCUT2D eigenvalue weighted by atomic mass is 16.1. The average molecular weight is 550 g/mol. The van der Waals surface area contributed by atoms with Crippen LogP contribution in [0, 0.1) is 0 Å². The zero-order valence-electron chi connectivity index (χ0n) is 26.5. The fraction of sp³-hybridized carbons (Fsp3) is 0.857. The number of carbonyl (C=O) groups excluding carboxylic acids is 3. The number of ketones is 2. The lowest BCUT2D eigenvalue weighted by atomic mass is 10.0. The van der Waals surface area contributed by atoms with E-state index in [9.17, 15) is 14.4 Å². The van der Waals surface area contributed by atoms with E-state index in [1.54, 1.807) is 13.8 Å². The van der Waals surface area contributed by atoms with Gasteiger partial charge in [0.2, 0.25) is 5.91 Å². The third kappa shape index (κ3) is 43.8. The van der Waals surface area contributed by atoms with E-state index in [1.807, 2.05) is 6.08 Å².